The lowest BCUT2D eigenvalue weighted by Crippen LogP contribution is -2.26. The molecule has 3 rings (SSSR count). The summed E-state index contributed by atoms with van der Waals surface area (Å²) in [6, 6.07) is 9.51. The summed E-state index contributed by atoms with van der Waals surface area (Å²) in [7, 11) is 0. The predicted molar refractivity (Wildman–Crippen MR) is 79.7 cm³/mol. The van der Waals surface area contributed by atoms with Gasteiger partial charge in [0.05, 0.1) is 11.6 Å². The second-order valence-corrected chi connectivity index (χ2v) is 6.09. The van der Waals surface area contributed by atoms with Crippen LogP contribution < -0.4 is 0 Å². The average molecular weight is 282 g/mol. The largest absolute Gasteiger partial charge is 0.484 e. The highest BCUT2D eigenvalue weighted by Gasteiger charge is 2.30. The van der Waals surface area contributed by atoms with Crippen molar-refractivity contribution in [3.63, 3.8) is 0 Å². The maximum atomic E-state index is 8.84. The zero-order valence-electron chi connectivity index (χ0n) is 12.3. The second kappa shape index (κ2) is 5.25. The van der Waals surface area contributed by atoms with Gasteiger partial charge in [-0.15, -0.1) is 0 Å². The van der Waals surface area contributed by atoms with E-state index in [1.165, 1.54) is 0 Å². The third kappa shape index (κ3) is 2.92. The van der Waals surface area contributed by atoms with Crippen molar-refractivity contribution < 1.29 is 9.47 Å². The maximum Gasteiger partial charge on any atom is 0.252 e. The van der Waals surface area contributed by atoms with Crippen molar-refractivity contribution in [2.75, 3.05) is 13.2 Å². The Labute approximate surface area is 124 Å². The molecule has 0 spiro atoms. The molecule has 0 N–H and O–H groups in total. The smallest absolute Gasteiger partial charge is 0.252 e. The molecule has 0 bridgehead atoms. The molecule has 2 heterocycles. The van der Waals surface area contributed by atoms with E-state index in [0.29, 0.717) is 18.1 Å². The summed E-state index contributed by atoms with van der Waals surface area (Å²) in [4.78, 5) is 4.50. The van der Waals surface area contributed by atoms with E-state index in [1.54, 1.807) is 12.1 Å². The molecule has 2 aliphatic heterocycles. The van der Waals surface area contributed by atoms with Crippen LogP contribution in [-0.2, 0) is 9.47 Å². The van der Waals surface area contributed by atoms with Gasteiger partial charge < -0.3 is 9.47 Å². The van der Waals surface area contributed by atoms with Gasteiger partial charge >= 0.3 is 0 Å². The van der Waals surface area contributed by atoms with Gasteiger partial charge in [0.15, 0.2) is 11.9 Å². The van der Waals surface area contributed by atoms with Gasteiger partial charge in [-0.2, -0.15) is 5.26 Å². The number of rotatable bonds is 1. The van der Waals surface area contributed by atoms with Crippen LogP contribution >= 0.6 is 0 Å². The lowest BCUT2D eigenvalue weighted by atomic mass is 9.89. The number of benzene rings is 1. The molecule has 1 fully saturated rings. The van der Waals surface area contributed by atoms with Crippen LogP contribution in [-0.4, -0.2) is 19.0 Å². The Morgan fingerprint density at radius 3 is 2.76 bits per heavy atom. The van der Waals surface area contributed by atoms with Gasteiger partial charge in [-0.1, -0.05) is 26.0 Å². The molecule has 1 atom stereocenters. The molecule has 2 aliphatic rings. The van der Waals surface area contributed by atoms with Crippen molar-refractivity contribution in [2.45, 2.75) is 26.4 Å². The minimum Gasteiger partial charge on any atom is -0.484 e. The molecule has 108 valence electrons. The highest BCUT2D eigenvalue weighted by atomic mass is 16.6. The Morgan fingerprint density at radius 2 is 2.05 bits per heavy atom. The Balaban J connectivity index is 1.81. The van der Waals surface area contributed by atoms with Crippen molar-refractivity contribution >= 4 is 5.90 Å². The molecule has 21 heavy (non-hydrogen) atoms. The maximum absolute atomic E-state index is 8.84. The predicted octanol–water partition coefficient (Wildman–Crippen LogP) is 3.36. The van der Waals surface area contributed by atoms with Crippen molar-refractivity contribution in [2.24, 2.45) is 10.4 Å². The van der Waals surface area contributed by atoms with E-state index in [2.05, 4.69) is 31.0 Å². The molecule has 0 amide bonds. The third-order valence-corrected chi connectivity index (χ3v) is 3.80. The van der Waals surface area contributed by atoms with Gasteiger partial charge in [-0.05, 0) is 35.6 Å². The van der Waals surface area contributed by atoms with Crippen LogP contribution in [0.4, 0.5) is 0 Å². The molecule has 4 nitrogen and oxygen atoms in total. The quantitative estimate of drug-likeness (QED) is 0.793. The van der Waals surface area contributed by atoms with E-state index in [0.717, 1.165) is 24.3 Å². The summed E-state index contributed by atoms with van der Waals surface area (Å²) in [6.07, 6.45) is 2.91. The number of allylic oxidation sites excluding steroid dienone is 1. The molecule has 0 unspecified atom stereocenters. The van der Waals surface area contributed by atoms with Crippen molar-refractivity contribution in [3.8, 4) is 6.07 Å². The van der Waals surface area contributed by atoms with Crippen molar-refractivity contribution in [1.29, 1.82) is 5.26 Å². The molecule has 1 saturated heterocycles. The highest BCUT2D eigenvalue weighted by Crippen LogP contribution is 2.32. The van der Waals surface area contributed by atoms with E-state index in [1.807, 2.05) is 12.1 Å². The summed E-state index contributed by atoms with van der Waals surface area (Å²) in [5.41, 5.74) is 1.72. The first kappa shape index (κ1) is 13.7. The number of nitriles is 1. The minimum atomic E-state index is -0.171. The fraction of sp³-hybridized carbons (Fsp3) is 0.412. The van der Waals surface area contributed by atoms with Gasteiger partial charge in [-0.25, -0.2) is 4.99 Å². The molecule has 0 saturated carbocycles. The Bertz CT molecular complexity index is 636. The van der Waals surface area contributed by atoms with Gasteiger partial charge in [-0.3, -0.25) is 0 Å². The third-order valence-electron chi connectivity index (χ3n) is 3.80. The van der Waals surface area contributed by atoms with Crippen LogP contribution in [0, 0.1) is 16.7 Å². The van der Waals surface area contributed by atoms with Crippen LogP contribution in [0.15, 0.2) is 41.1 Å². The lowest BCUT2D eigenvalue weighted by Gasteiger charge is -2.28. The number of fused-ring (bicyclic) bond motifs is 1. The molecule has 0 aromatic heterocycles. The fourth-order valence-electron chi connectivity index (χ4n) is 2.48. The van der Waals surface area contributed by atoms with E-state index in [4.69, 9.17) is 14.7 Å². The number of ether oxygens (including phenoxy) is 2. The normalized spacial score (nSPS) is 23.4. The van der Waals surface area contributed by atoms with E-state index >= 15 is 0 Å². The Hall–Kier alpha value is -2.28. The zero-order chi connectivity index (χ0) is 14.9. The summed E-state index contributed by atoms with van der Waals surface area (Å²) < 4.78 is 11.9. The van der Waals surface area contributed by atoms with Crippen LogP contribution in [0.25, 0.3) is 0 Å². The number of aliphatic imine (C=N–C) groups is 1. The number of nitrogens with zero attached hydrogens (tertiary/aromatic N) is 2. The molecular weight excluding hydrogens is 264 g/mol. The Morgan fingerprint density at radius 1 is 1.29 bits per heavy atom. The number of hydrogen-bond donors (Lipinski definition) is 0. The molecule has 4 heteroatoms. The molecule has 0 radical (unpaired) electrons. The van der Waals surface area contributed by atoms with Crippen LogP contribution in [0.3, 0.4) is 0 Å². The second-order valence-electron chi connectivity index (χ2n) is 6.09. The lowest BCUT2D eigenvalue weighted by molar-refractivity contribution is 0.0460. The standard InChI is InChI=1S/C17H18N2O2/c1-17(2)7-8-19-16-14(9-17)20-11-15(21-16)13-5-3-12(10-18)4-6-13/h3-6,9,15H,7-8,11H2,1-2H3/t15-/m1/s1. The van der Waals surface area contributed by atoms with Crippen molar-refractivity contribution in [1.82, 2.24) is 0 Å². The minimum absolute atomic E-state index is 0.0746. The first-order chi connectivity index (χ1) is 10.1. The van der Waals surface area contributed by atoms with Crippen molar-refractivity contribution in [3.05, 3.63) is 47.2 Å². The Kier molecular flexibility index (Phi) is 3.42. The topological polar surface area (TPSA) is 54.6 Å². The van der Waals surface area contributed by atoms with E-state index in [9.17, 15) is 0 Å². The van der Waals surface area contributed by atoms with Crippen LogP contribution in [0.2, 0.25) is 0 Å². The fourth-order valence-corrected chi connectivity index (χ4v) is 2.48. The van der Waals surface area contributed by atoms with Gasteiger partial charge in [0.1, 0.15) is 6.61 Å². The zero-order valence-corrected chi connectivity index (χ0v) is 12.3. The summed E-state index contributed by atoms with van der Waals surface area (Å²) in [6.45, 7) is 5.56. The molecule has 0 aliphatic carbocycles. The molecule has 1 aromatic rings. The van der Waals surface area contributed by atoms with Crippen LogP contribution in [0.5, 0.6) is 0 Å². The summed E-state index contributed by atoms with van der Waals surface area (Å²) in [5.74, 6) is 1.35. The first-order valence-corrected chi connectivity index (χ1v) is 7.15. The first-order valence-electron chi connectivity index (χ1n) is 7.15. The molecule has 1 aromatic carbocycles. The average Bonchev–Trinajstić information content (AvgIpc) is 2.63. The number of hydrogen-bond acceptors (Lipinski definition) is 4. The van der Waals surface area contributed by atoms with E-state index < -0.39 is 0 Å². The van der Waals surface area contributed by atoms with Crippen LogP contribution in [0.1, 0.15) is 37.5 Å². The molecular formula is C17H18N2O2. The highest BCUT2D eigenvalue weighted by molar-refractivity contribution is 5.92. The SMILES string of the molecule is CC1(C)C=C2OC[C@H](c3ccc(C#N)cc3)OC2=NCC1. The summed E-state index contributed by atoms with van der Waals surface area (Å²) in [5, 5.41) is 8.84. The summed E-state index contributed by atoms with van der Waals surface area (Å²) >= 11 is 0. The monoisotopic (exact) mass is 282 g/mol. The van der Waals surface area contributed by atoms with E-state index in [-0.39, 0.29) is 11.5 Å². The van der Waals surface area contributed by atoms with Gasteiger partial charge in [0.2, 0.25) is 0 Å². The van der Waals surface area contributed by atoms with Gasteiger partial charge in [0, 0.05) is 6.54 Å². The van der Waals surface area contributed by atoms with Gasteiger partial charge in [0.25, 0.3) is 5.90 Å².